The van der Waals surface area contributed by atoms with Crippen molar-refractivity contribution in [2.75, 3.05) is 26.7 Å². The summed E-state index contributed by atoms with van der Waals surface area (Å²) in [6.45, 7) is 5.22. The van der Waals surface area contributed by atoms with Gasteiger partial charge in [0.2, 0.25) is 0 Å². The molecule has 0 aromatic heterocycles. The van der Waals surface area contributed by atoms with E-state index in [1.807, 2.05) is 26.1 Å². The Morgan fingerprint density at radius 2 is 1.86 bits per heavy atom. The molecule has 1 amide bonds. The summed E-state index contributed by atoms with van der Waals surface area (Å²) in [5.41, 5.74) is 2.20. The summed E-state index contributed by atoms with van der Waals surface area (Å²) >= 11 is 0. The van der Waals surface area contributed by atoms with Crippen molar-refractivity contribution < 1.29 is 14.6 Å². The molecule has 5 heteroatoms. The van der Waals surface area contributed by atoms with Crippen LogP contribution in [0.2, 0.25) is 0 Å². The van der Waals surface area contributed by atoms with Crippen LogP contribution in [-0.2, 0) is 17.9 Å². The second kappa shape index (κ2) is 8.15. The molecule has 1 aliphatic heterocycles. The van der Waals surface area contributed by atoms with Gasteiger partial charge in [-0.25, -0.2) is 4.79 Å². The van der Waals surface area contributed by atoms with Gasteiger partial charge in [-0.1, -0.05) is 24.3 Å². The molecule has 1 fully saturated rings. The van der Waals surface area contributed by atoms with Crippen LogP contribution in [0.1, 0.15) is 30.9 Å². The lowest BCUT2D eigenvalue weighted by Gasteiger charge is -2.36. The topological polar surface area (TPSA) is 53.0 Å². The minimum absolute atomic E-state index is 0.0892. The number of carbonyl (C=O) groups is 1. The second-order valence-electron chi connectivity index (χ2n) is 5.79. The smallest absolute Gasteiger partial charge is 0.409 e. The van der Waals surface area contributed by atoms with Crippen LogP contribution in [0.15, 0.2) is 24.3 Å². The van der Waals surface area contributed by atoms with E-state index < -0.39 is 0 Å². The van der Waals surface area contributed by atoms with E-state index in [9.17, 15) is 4.79 Å². The summed E-state index contributed by atoms with van der Waals surface area (Å²) in [7, 11) is 1.83. The van der Waals surface area contributed by atoms with Gasteiger partial charge in [0.1, 0.15) is 0 Å². The van der Waals surface area contributed by atoms with Crippen LogP contribution in [0.4, 0.5) is 4.79 Å². The first-order valence-corrected chi connectivity index (χ1v) is 7.94. The standard InChI is InChI=1S/C17H26N2O3/c1-3-22-17(21)18(2)16-8-10-19(11-9-16)12-14-4-6-15(13-20)7-5-14/h4-7,16,20H,3,8-13H2,1-2H3. The SMILES string of the molecule is CCOC(=O)N(C)C1CCN(Cc2ccc(CO)cc2)CC1. The number of nitrogens with zero attached hydrogens (tertiary/aromatic N) is 2. The molecule has 5 nitrogen and oxygen atoms in total. The lowest BCUT2D eigenvalue weighted by atomic mass is 10.0. The Bertz CT molecular complexity index is 467. The van der Waals surface area contributed by atoms with Gasteiger partial charge in [-0.2, -0.15) is 0 Å². The number of ether oxygens (including phenoxy) is 1. The lowest BCUT2D eigenvalue weighted by molar-refractivity contribution is 0.0789. The normalized spacial score (nSPS) is 16.5. The van der Waals surface area contributed by atoms with Crippen molar-refractivity contribution in [2.24, 2.45) is 0 Å². The van der Waals surface area contributed by atoms with E-state index in [1.165, 1.54) is 5.56 Å². The van der Waals surface area contributed by atoms with Crippen LogP contribution in [0.25, 0.3) is 0 Å². The maximum absolute atomic E-state index is 11.7. The Balaban J connectivity index is 1.80. The van der Waals surface area contributed by atoms with Crippen LogP contribution in [-0.4, -0.2) is 53.8 Å². The van der Waals surface area contributed by atoms with Crippen molar-refractivity contribution >= 4 is 6.09 Å². The molecular weight excluding hydrogens is 280 g/mol. The average Bonchev–Trinajstić information content (AvgIpc) is 2.56. The van der Waals surface area contributed by atoms with Crippen molar-refractivity contribution in [3.8, 4) is 0 Å². The summed E-state index contributed by atoms with van der Waals surface area (Å²) in [6, 6.07) is 8.35. The third-order valence-electron chi connectivity index (χ3n) is 4.27. The first kappa shape index (κ1) is 16.8. The van der Waals surface area contributed by atoms with Gasteiger partial charge in [-0.05, 0) is 30.9 Å². The van der Waals surface area contributed by atoms with E-state index in [2.05, 4.69) is 17.0 Å². The van der Waals surface area contributed by atoms with Crippen molar-refractivity contribution in [2.45, 2.75) is 39.0 Å². The predicted octanol–water partition coefficient (Wildman–Crippen LogP) is 2.23. The quantitative estimate of drug-likeness (QED) is 0.906. The molecule has 0 bridgehead atoms. The molecule has 0 saturated carbocycles. The zero-order valence-corrected chi connectivity index (χ0v) is 13.5. The maximum atomic E-state index is 11.7. The summed E-state index contributed by atoms with van der Waals surface area (Å²) in [4.78, 5) is 15.9. The molecule has 22 heavy (non-hydrogen) atoms. The molecule has 0 radical (unpaired) electrons. The Kier molecular flexibility index (Phi) is 6.21. The number of carbonyl (C=O) groups excluding carboxylic acids is 1. The van der Waals surface area contributed by atoms with Gasteiger partial charge in [-0.3, -0.25) is 4.90 Å². The van der Waals surface area contributed by atoms with Gasteiger partial charge in [0.05, 0.1) is 13.2 Å². The molecule has 0 unspecified atom stereocenters. The molecule has 1 N–H and O–H groups in total. The van der Waals surface area contributed by atoms with E-state index in [0.717, 1.165) is 38.0 Å². The molecule has 0 aliphatic carbocycles. The monoisotopic (exact) mass is 306 g/mol. The fourth-order valence-corrected chi connectivity index (χ4v) is 2.85. The predicted molar refractivity (Wildman–Crippen MR) is 85.4 cm³/mol. The molecule has 1 aliphatic rings. The highest BCUT2D eigenvalue weighted by Crippen LogP contribution is 2.18. The van der Waals surface area contributed by atoms with Crippen molar-refractivity contribution in [1.82, 2.24) is 9.80 Å². The molecule has 122 valence electrons. The maximum Gasteiger partial charge on any atom is 0.409 e. The van der Waals surface area contributed by atoms with Crippen molar-refractivity contribution in [3.63, 3.8) is 0 Å². The number of amides is 1. The minimum Gasteiger partial charge on any atom is -0.450 e. The number of aliphatic hydroxyl groups excluding tert-OH is 1. The number of hydrogen-bond acceptors (Lipinski definition) is 4. The van der Waals surface area contributed by atoms with E-state index in [-0.39, 0.29) is 18.7 Å². The molecule has 2 rings (SSSR count). The Morgan fingerprint density at radius 1 is 1.27 bits per heavy atom. The van der Waals surface area contributed by atoms with Gasteiger partial charge in [0.25, 0.3) is 0 Å². The lowest BCUT2D eigenvalue weighted by Crippen LogP contribution is -2.45. The first-order chi connectivity index (χ1) is 10.6. The number of hydrogen-bond donors (Lipinski definition) is 1. The molecule has 1 aromatic rings. The van der Waals surface area contributed by atoms with Crippen LogP contribution < -0.4 is 0 Å². The second-order valence-corrected chi connectivity index (χ2v) is 5.79. The highest BCUT2D eigenvalue weighted by molar-refractivity contribution is 5.67. The number of rotatable bonds is 5. The Morgan fingerprint density at radius 3 is 2.41 bits per heavy atom. The van der Waals surface area contributed by atoms with Gasteiger partial charge < -0.3 is 14.7 Å². The number of benzene rings is 1. The van der Waals surface area contributed by atoms with Gasteiger partial charge in [0, 0.05) is 32.7 Å². The van der Waals surface area contributed by atoms with Crippen LogP contribution >= 0.6 is 0 Å². The zero-order valence-electron chi connectivity index (χ0n) is 13.5. The Labute approximate surface area is 132 Å². The molecule has 0 atom stereocenters. The highest BCUT2D eigenvalue weighted by atomic mass is 16.6. The fourth-order valence-electron chi connectivity index (χ4n) is 2.85. The number of likely N-dealkylation sites (tertiary alicyclic amines) is 1. The summed E-state index contributed by atoms with van der Waals surface area (Å²) in [5.74, 6) is 0. The molecule has 1 aromatic carbocycles. The summed E-state index contributed by atoms with van der Waals surface area (Å²) < 4.78 is 5.05. The van der Waals surface area contributed by atoms with Gasteiger partial charge in [0.15, 0.2) is 0 Å². The van der Waals surface area contributed by atoms with Crippen molar-refractivity contribution in [3.05, 3.63) is 35.4 Å². The molecule has 0 spiro atoms. The number of aliphatic hydroxyl groups is 1. The number of piperidine rings is 1. The first-order valence-electron chi connectivity index (χ1n) is 7.94. The van der Waals surface area contributed by atoms with E-state index in [4.69, 9.17) is 9.84 Å². The molecular formula is C17H26N2O3. The van der Waals surface area contributed by atoms with Gasteiger partial charge >= 0.3 is 6.09 Å². The van der Waals surface area contributed by atoms with Crippen molar-refractivity contribution in [1.29, 1.82) is 0 Å². The van der Waals surface area contributed by atoms with E-state index in [0.29, 0.717) is 6.61 Å². The average molecular weight is 306 g/mol. The van der Waals surface area contributed by atoms with Crippen LogP contribution in [0, 0.1) is 0 Å². The van der Waals surface area contributed by atoms with Crippen LogP contribution in [0.5, 0.6) is 0 Å². The molecule has 1 saturated heterocycles. The molecule has 1 heterocycles. The third-order valence-corrected chi connectivity index (χ3v) is 4.27. The Hall–Kier alpha value is -1.59. The van der Waals surface area contributed by atoms with Gasteiger partial charge in [-0.15, -0.1) is 0 Å². The zero-order chi connectivity index (χ0) is 15.9. The third kappa shape index (κ3) is 4.45. The van der Waals surface area contributed by atoms with E-state index in [1.54, 1.807) is 4.90 Å². The largest absolute Gasteiger partial charge is 0.450 e. The van der Waals surface area contributed by atoms with E-state index >= 15 is 0 Å². The summed E-state index contributed by atoms with van der Waals surface area (Å²) in [6.07, 6.45) is 1.73. The fraction of sp³-hybridized carbons (Fsp3) is 0.588. The highest BCUT2D eigenvalue weighted by Gasteiger charge is 2.25. The van der Waals surface area contributed by atoms with Crippen LogP contribution in [0.3, 0.4) is 0 Å². The summed E-state index contributed by atoms with van der Waals surface area (Å²) in [5, 5.41) is 9.06. The minimum atomic E-state index is -0.222.